The molecule has 8 nitrogen and oxygen atoms in total. The zero-order chi connectivity index (χ0) is 24.4. The molecule has 0 aromatic heterocycles. The Morgan fingerprint density at radius 1 is 0.853 bits per heavy atom. The smallest absolute Gasteiger partial charge is 0.251 e. The van der Waals surface area contributed by atoms with Crippen LogP contribution in [0.4, 0.5) is 5.69 Å². The van der Waals surface area contributed by atoms with Gasteiger partial charge in [0.25, 0.3) is 5.91 Å². The number of hydrogen-bond acceptors (Lipinski definition) is 6. The lowest BCUT2D eigenvalue weighted by atomic mass is 10.1. The number of rotatable bonds is 11. The van der Waals surface area contributed by atoms with Crippen LogP contribution in [-0.2, 0) is 20.4 Å². The van der Waals surface area contributed by atoms with Crippen LogP contribution >= 0.6 is 0 Å². The van der Waals surface area contributed by atoms with Gasteiger partial charge in [-0.1, -0.05) is 30.3 Å². The van der Waals surface area contributed by atoms with Crippen molar-refractivity contribution < 1.29 is 27.5 Å². The standard InChI is InChI=1S/C25H26N2O6S/c1-32-22-11-13-23(14-12-22)33-16-15-26-25(29)20-9-7-19(8-10-20)17-34(30,31)18-24(28)27-21-5-3-2-4-6-21/h2-14H,15-18H2,1H3,(H,26,29)(H,27,28). The normalized spacial score (nSPS) is 10.9. The molecule has 3 aromatic rings. The number of benzene rings is 3. The van der Waals surface area contributed by atoms with Gasteiger partial charge in [-0.15, -0.1) is 0 Å². The number of hydrogen-bond donors (Lipinski definition) is 2. The zero-order valence-corrected chi connectivity index (χ0v) is 19.5. The fourth-order valence-electron chi connectivity index (χ4n) is 3.08. The van der Waals surface area contributed by atoms with Crippen molar-refractivity contribution in [1.29, 1.82) is 0 Å². The first-order valence-corrected chi connectivity index (χ1v) is 12.4. The summed E-state index contributed by atoms with van der Waals surface area (Å²) >= 11 is 0. The number of amides is 2. The van der Waals surface area contributed by atoms with Crippen molar-refractivity contribution in [3.05, 3.63) is 90.0 Å². The van der Waals surface area contributed by atoms with Crippen molar-refractivity contribution in [1.82, 2.24) is 5.32 Å². The van der Waals surface area contributed by atoms with Gasteiger partial charge in [0.1, 0.15) is 23.9 Å². The number of carbonyl (C=O) groups is 2. The predicted molar refractivity (Wildman–Crippen MR) is 130 cm³/mol. The molecule has 0 saturated carbocycles. The molecule has 0 fully saturated rings. The van der Waals surface area contributed by atoms with Crippen molar-refractivity contribution in [2.75, 3.05) is 31.3 Å². The third kappa shape index (κ3) is 7.93. The Kier molecular flexibility index (Phi) is 8.64. The van der Waals surface area contributed by atoms with Gasteiger partial charge < -0.3 is 20.1 Å². The van der Waals surface area contributed by atoms with E-state index in [9.17, 15) is 18.0 Å². The van der Waals surface area contributed by atoms with Crippen LogP contribution in [0.2, 0.25) is 0 Å². The van der Waals surface area contributed by atoms with E-state index in [1.807, 2.05) is 0 Å². The Morgan fingerprint density at radius 2 is 1.50 bits per heavy atom. The summed E-state index contributed by atoms with van der Waals surface area (Å²) in [6.07, 6.45) is 0. The van der Waals surface area contributed by atoms with Gasteiger partial charge in [0.15, 0.2) is 9.84 Å². The zero-order valence-electron chi connectivity index (χ0n) is 18.7. The van der Waals surface area contributed by atoms with Crippen molar-refractivity contribution in [3.63, 3.8) is 0 Å². The first-order valence-electron chi connectivity index (χ1n) is 10.5. The third-order valence-corrected chi connectivity index (χ3v) is 6.20. The van der Waals surface area contributed by atoms with Gasteiger partial charge in [-0.3, -0.25) is 9.59 Å². The Morgan fingerprint density at radius 3 is 2.15 bits per heavy atom. The molecule has 3 aromatic carbocycles. The highest BCUT2D eigenvalue weighted by atomic mass is 32.2. The summed E-state index contributed by atoms with van der Waals surface area (Å²) in [5.74, 6) is -0.426. The molecule has 0 aliphatic carbocycles. The van der Waals surface area contributed by atoms with E-state index in [4.69, 9.17) is 9.47 Å². The second kappa shape index (κ2) is 11.9. The van der Waals surface area contributed by atoms with Crippen molar-refractivity contribution in [2.24, 2.45) is 0 Å². The number of ether oxygens (including phenoxy) is 2. The maximum atomic E-state index is 12.4. The number of nitrogens with one attached hydrogen (secondary N) is 2. The molecule has 2 amide bonds. The number of carbonyl (C=O) groups excluding carboxylic acids is 2. The van der Waals surface area contributed by atoms with Crippen molar-refractivity contribution >= 4 is 27.3 Å². The van der Waals surface area contributed by atoms with E-state index >= 15 is 0 Å². The highest BCUT2D eigenvalue weighted by Crippen LogP contribution is 2.16. The van der Waals surface area contributed by atoms with Crippen LogP contribution in [0.5, 0.6) is 11.5 Å². The van der Waals surface area contributed by atoms with Crippen LogP contribution < -0.4 is 20.1 Å². The highest BCUT2D eigenvalue weighted by molar-refractivity contribution is 7.91. The summed E-state index contributed by atoms with van der Waals surface area (Å²) < 4.78 is 35.4. The molecule has 0 atom stereocenters. The molecule has 3 rings (SSSR count). The van der Waals surface area contributed by atoms with E-state index in [0.29, 0.717) is 35.7 Å². The van der Waals surface area contributed by atoms with Crippen LogP contribution in [-0.4, -0.2) is 46.2 Å². The first kappa shape index (κ1) is 24.8. The monoisotopic (exact) mass is 482 g/mol. The minimum Gasteiger partial charge on any atom is -0.497 e. The van der Waals surface area contributed by atoms with Crippen LogP contribution in [0.3, 0.4) is 0 Å². The molecule has 34 heavy (non-hydrogen) atoms. The molecule has 0 unspecified atom stereocenters. The number of para-hydroxylation sites is 1. The second-order valence-corrected chi connectivity index (χ2v) is 9.49. The molecule has 0 heterocycles. The average Bonchev–Trinajstić information content (AvgIpc) is 2.82. The van der Waals surface area contributed by atoms with Gasteiger partial charge in [0.05, 0.1) is 19.4 Å². The van der Waals surface area contributed by atoms with E-state index in [1.165, 1.54) is 0 Å². The summed E-state index contributed by atoms with van der Waals surface area (Å²) in [4.78, 5) is 24.3. The minimum atomic E-state index is -3.67. The molecule has 0 spiro atoms. The predicted octanol–water partition coefficient (Wildman–Crippen LogP) is 3.06. The fourth-order valence-corrected chi connectivity index (χ4v) is 4.36. The summed E-state index contributed by atoms with van der Waals surface area (Å²) in [5, 5.41) is 5.31. The van der Waals surface area contributed by atoms with Gasteiger partial charge in [0.2, 0.25) is 5.91 Å². The topological polar surface area (TPSA) is 111 Å². The summed E-state index contributed by atoms with van der Waals surface area (Å²) in [6.45, 7) is 0.594. The first-order chi connectivity index (χ1) is 16.3. The maximum absolute atomic E-state index is 12.4. The lowest BCUT2D eigenvalue weighted by molar-refractivity contribution is -0.113. The Balaban J connectivity index is 1.43. The van der Waals surface area contributed by atoms with Gasteiger partial charge in [-0.05, 0) is 54.1 Å². The molecule has 0 bridgehead atoms. The molecule has 0 aliphatic rings. The molecule has 0 radical (unpaired) electrons. The van der Waals surface area contributed by atoms with Crippen molar-refractivity contribution in [3.8, 4) is 11.5 Å². The summed E-state index contributed by atoms with van der Waals surface area (Å²) in [5.41, 5.74) is 1.42. The van der Waals surface area contributed by atoms with E-state index in [0.717, 1.165) is 5.75 Å². The average molecular weight is 483 g/mol. The van der Waals surface area contributed by atoms with Gasteiger partial charge >= 0.3 is 0 Å². The van der Waals surface area contributed by atoms with Crippen molar-refractivity contribution in [2.45, 2.75) is 5.75 Å². The van der Waals surface area contributed by atoms with Gasteiger partial charge in [0, 0.05) is 11.3 Å². The molecule has 9 heteroatoms. The fraction of sp³-hybridized carbons (Fsp3) is 0.200. The molecule has 0 aliphatic heterocycles. The molecular formula is C25H26N2O6S. The molecule has 2 N–H and O–H groups in total. The number of anilines is 1. The Labute approximate surface area is 198 Å². The molecular weight excluding hydrogens is 456 g/mol. The van der Waals surface area contributed by atoms with E-state index < -0.39 is 21.5 Å². The number of methoxy groups -OCH3 is 1. The van der Waals surface area contributed by atoms with E-state index in [1.54, 1.807) is 86.0 Å². The Hall–Kier alpha value is -3.85. The lowest BCUT2D eigenvalue weighted by Crippen LogP contribution is -2.28. The third-order valence-electron chi connectivity index (χ3n) is 4.73. The minimum absolute atomic E-state index is 0.291. The second-order valence-electron chi connectivity index (χ2n) is 7.42. The van der Waals surface area contributed by atoms with Crippen LogP contribution in [0.1, 0.15) is 15.9 Å². The van der Waals surface area contributed by atoms with Crippen LogP contribution in [0, 0.1) is 0 Å². The van der Waals surface area contributed by atoms with Crippen LogP contribution in [0.25, 0.3) is 0 Å². The maximum Gasteiger partial charge on any atom is 0.251 e. The van der Waals surface area contributed by atoms with E-state index in [2.05, 4.69) is 10.6 Å². The molecule has 0 saturated heterocycles. The SMILES string of the molecule is COc1ccc(OCCNC(=O)c2ccc(CS(=O)(=O)CC(=O)Nc3ccccc3)cc2)cc1. The quantitative estimate of drug-likeness (QED) is 0.407. The van der Waals surface area contributed by atoms with Gasteiger partial charge in [-0.25, -0.2) is 8.42 Å². The van der Waals surface area contributed by atoms with Crippen LogP contribution in [0.15, 0.2) is 78.9 Å². The largest absolute Gasteiger partial charge is 0.497 e. The summed E-state index contributed by atoms with van der Waals surface area (Å²) in [7, 11) is -2.09. The van der Waals surface area contributed by atoms with E-state index in [-0.39, 0.29) is 11.7 Å². The highest BCUT2D eigenvalue weighted by Gasteiger charge is 2.18. The summed E-state index contributed by atoms with van der Waals surface area (Å²) in [6, 6.07) is 22.0. The number of sulfone groups is 1. The Bertz CT molecular complexity index is 1190. The molecule has 178 valence electrons. The lowest BCUT2D eigenvalue weighted by Gasteiger charge is -2.09. The van der Waals surface area contributed by atoms with Gasteiger partial charge in [-0.2, -0.15) is 0 Å².